The molecule has 2 aromatic rings. The summed E-state index contributed by atoms with van der Waals surface area (Å²) in [5, 5.41) is 7.83. The highest BCUT2D eigenvalue weighted by atomic mass is 19.2. The zero-order valence-electron chi connectivity index (χ0n) is 12.5. The zero-order valence-corrected chi connectivity index (χ0v) is 12.5. The molecule has 1 saturated heterocycles. The van der Waals surface area contributed by atoms with E-state index in [4.69, 9.17) is 4.74 Å². The molecule has 5 nitrogen and oxygen atoms in total. The number of aromatic nitrogens is 2. The highest BCUT2D eigenvalue weighted by Gasteiger charge is 2.29. The molecular weight excluding hydrogens is 304 g/mol. The van der Waals surface area contributed by atoms with Gasteiger partial charge in [0.15, 0.2) is 11.6 Å². The smallest absolute Gasteiger partial charge is 0.254 e. The molecule has 0 saturated carbocycles. The lowest BCUT2D eigenvalue weighted by atomic mass is 10.2. The quantitative estimate of drug-likeness (QED) is 0.871. The van der Waals surface area contributed by atoms with Crippen molar-refractivity contribution in [3.05, 3.63) is 53.2 Å². The Morgan fingerprint density at radius 3 is 2.74 bits per heavy atom. The van der Waals surface area contributed by atoms with Crippen molar-refractivity contribution in [3.63, 3.8) is 0 Å². The molecule has 0 unspecified atom stereocenters. The molecule has 0 N–H and O–H groups in total. The lowest BCUT2D eigenvalue weighted by Crippen LogP contribution is -2.31. The van der Waals surface area contributed by atoms with E-state index in [1.54, 1.807) is 17.0 Å². The first kappa shape index (κ1) is 15.3. The van der Waals surface area contributed by atoms with Gasteiger partial charge in [-0.05, 0) is 31.2 Å². The maximum Gasteiger partial charge on any atom is 0.254 e. The van der Waals surface area contributed by atoms with Crippen LogP contribution in [0.25, 0.3) is 0 Å². The minimum Gasteiger partial charge on any atom is -0.471 e. The summed E-state index contributed by atoms with van der Waals surface area (Å²) in [5.41, 5.74) is 0.915. The Morgan fingerprint density at radius 2 is 2.04 bits per heavy atom. The van der Waals surface area contributed by atoms with Crippen molar-refractivity contribution in [3.8, 4) is 5.88 Å². The molecule has 1 atom stereocenters. The van der Waals surface area contributed by atoms with Crippen molar-refractivity contribution in [1.82, 2.24) is 15.1 Å². The van der Waals surface area contributed by atoms with Crippen molar-refractivity contribution >= 4 is 5.91 Å². The van der Waals surface area contributed by atoms with Gasteiger partial charge in [0.25, 0.3) is 5.91 Å². The number of carbonyl (C=O) groups excluding carboxylic acids is 1. The standard InChI is InChI=1S/C16H15F2N3O2/c1-10-2-5-15(20-19-10)23-12-6-7-21(9-12)16(22)11-3-4-13(17)14(18)8-11/h2-5,8,12H,6-7,9H2,1H3/t12-/m0/s1. The van der Waals surface area contributed by atoms with Gasteiger partial charge in [-0.2, -0.15) is 5.10 Å². The normalized spacial score (nSPS) is 17.3. The van der Waals surface area contributed by atoms with Crippen molar-refractivity contribution in [2.75, 3.05) is 13.1 Å². The first-order valence-corrected chi connectivity index (χ1v) is 7.24. The number of aryl methyl sites for hydroxylation is 1. The van der Waals surface area contributed by atoms with E-state index in [0.717, 1.165) is 17.8 Å². The number of hydrogen-bond donors (Lipinski definition) is 0. The second-order valence-corrected chi connectivity index (χ2v) is 5.42. The Labute approximate surface area is 131 Å². The maximum absolute atomic E-state index is 13.2. The minimum atomic E-state index is -1.03. The first-order valence-electron chi connectivity index (χ1n) is 7.24. The Balaban J connectivity index is 1.63. The van der Waals surface area contributed by atoms with Crippen LogP contribution in [0.3, 0.4) is 0 Å². The van der Waals surface area contributed by atoms with E-state index in [9.17, 15) is 13.6 Å². The third-order valence-electron chi connectivity index (χ3n) is 3.66. The number of amides is 1. The van der Waals surface area contributed by atoms with Crippen molar-refractivity contribution in [2.45, 2.75) is 19.4 Å². The van der Waals surface area contributed by atoms with Crippen LogP contribution in [0.15, 0.2) is 30.3 Å². The van der Waals surface area contributed by atoms with Gasteiger partial charge in [0.05, 0.1) is 12.2 Å². The van der Waals surface area contributed by atoms with Crippen LogP contribution in [0.4, 0.5) is 8.78 Å². The molecule has 1 aliphatic heterocycles. The SMILES string of the molecule is Cc1ccc(O[C@H]2CCN(C(=O)c3ccc(F)c(F)c3)C2)nn1. The number of carbonyl (C=O) groups is 1. The third kappa shape index (κ3) is 3.44. The van der Waals surface area contributed by atoms with E-state index >= 15 is 0 Å². The van der Waals surface area contributed by atoms with Crippen molar-refractivity contribution in [1.29, 1.82) is 0 Å². The van der Waals surface area contributed by atoms with Gasteiger partial charge in [0, 0.05) is 24.6 Å². The lowest BCUT2D eigenvalue weighted by Gasteiger charge is -2.17. The van der Waals surface area contributed by atoms with Crippen LogP contribution < -0.4 is 4.74 Å². The first-order chi connectivity index (χ1) is 11.0. The number of benzene rings is 1. The van der Waals surface area contributed by atoms with Crippen LogP contribution in [-0.2, 0) is 0 Å². The second-order valence-electron chi connectivity index (χ2n) is 5.42. The number of nitrogens with zero attached hydrogens (tertiary/aromatic N) is 3. The molecule has 0 bridgehead atoms. The molecule has 1 aromatic carbocycles. The summed E-state index contributed by atoms with van der Waals surface area (Å²) in [6.45, 7) is 2.68. The molecule has 2 heterocycles. The third-order valence-corrected chi connectivity index (χ3v) is 3.66. The van der Waals surface area contributed by atoms with E-state index in [1.807, 2.05) is 6.92 Å². The Kier molecular flexibility index (Phi) is 4.18. The Hall–Kier alpha value is -2.57. The van der Waals surface area contributed by atoms with Gasteiger partial charge >= 0.3 is 0 Å². The van der Waals surface area contributed by atoms with Gasteiger partial charge in [0.1, 0.15) is 6.10 Å². The molecule has 1 amide bonds. The lowest BCUT2D eigenvalue weighted by molar-refractivity contribution is 0.0770. The van der Waals surface area contributed by atoms with Crippen LogP contribution in [0.2, 0.25) is 0 Å². The molecule has 0 spiro atoms. The molecule has 1 aromatic heterocycles. The van der Waals surface area contributed by atoms with E-state index in [-0.39, 0.29) is 17.6 Å². The number of halogens is 2. The van der Waals surface area contributed by atoms with E-state index < -0.39 is 11.6 Å². The fraction of sp³-hybridized carbons (Fsp3) is 0.312. The van der Waals surface area contributed by atoms with E-state index in [2.05, 4.69) is 10.2 Å². The molecule has 1 aliphatic rings. The monoisotopic (exact) mass is 319 g/mol. The van der Waals surface area contributed by atoms with Gasteiger partial charge in [0.2, 0.25) is 5.88 Å². The van der Waals surface area contributed by atoms with Gasteiger partial charge in [-0.3, -0.25) is 4.79 Å². The molecule has 7 heteroatoms. The highest BCUT2D eigenvalue weighted by Crippen LogP contribution is 2.19. The predicted molar refractivity (Wildman–Crippen MR) is 78.1 cm³/mol. The van der Waals surface area contributed by atoms with Gasteiger partial charge in [-0.25, -0.2) is 8.78 Å². The second kappa shape index (κ2) is 6.28. The number of hydrogen-bond acceptors (Lipinski definition) is 4. The number of rotatable bonds is 3. The summed E-state index contributed by atoms with van der Waals surface area (Å²) in [4.78, 5) is 13.9. The van der Waals surface area contributed by atoms with Crippen LogP contribution in [-0.4, -0.2) is 40.2 Å². The fourth-order valence-electron chi connectivity index (χ4n) is 2.44. The molecule has 120 valence electrons. The van der Waals surface area contributed by atoms with Crippen LogP contribution in [0.1, 0.15) is 22.5 Å². The summed E-state index contributed by atoms with van der Waals surface area (Å²) >= 11 is 0. The molecule has 0 radical (unpaired) electrons. The molecular formula is C16H15F2N3O2. The molecule has 3 rings (SSSR count). The van der Waals surface area contributed by atoms with E-state index in [1.165, 1.54) is 6.07 Å². The van der Waals surface area contributed by atoms with Crippen molar-refractivity contribution in [2.24, 2.45) is 0 Å². The summed E-state index contributed by atoms with van der Waals surface area (Å²) in [5.74, 6) is -1.94. The minimum absolute atomic E-state index is 0.125. The largest absolute Gasteiger partial charge is 0.471 e. The highest BCUT2D eigenvalue weighted by molar-refractivity contribution is 5.94. The number of likely N-dealkylation sites (tertiary alicyclic amines) is 1. The zero-order chi connectivity index (χ0) is 16.4. The average molecular weight is 319 g/mol. The van der Waals surface area contributed by atoms with Gasteiger partial charge in [-0.15, -0.1) is 5.10 Å². The summed E-state index contributed by atoms with van der Waals surface area (Å²) in [6, 6.07) is 6.66. The summed E-state index contributed by atoms with van der Waals surface area (Å²) < 4.78 is 31.9. The maximum atomic E-state index is 13.2. The molecule has 0 aliphatic carbocycles. The van der Waals surface area contributed by atoms with Gasteiger partial charge < -0.3 is 9.64 Å². The Bertz CT molecular complexity index is 722. The van der Waals surface area contributed by atoms with Crippen molar-refractivity contribution < 1.29 is 18.3 Å². The summed E-state index contributed by atoms with van der Waals surface area (Å²) in [6.07, 6.45) is 0.451. The average Bonchev–Trinajstić information content (AvgIpc) is 3.00. The topological polar surface area (TPSA) is 55.3 Å². The van der Waals surface area contributed by atoms with Crippen LogP contribution >= 0.6 is 0 Å². The van der Waals surface area contributed by atoms with E-state index in [0.29, 0.717) is 25.4 Å². The van der Waals surface area contributed by atoms with Crippen LogP contribution in [0.5, 0.6) is 5.88 Å². The molecule has 23 heavy (non-hydrogen) atoms. The van der Waals surface area contributed by atoms with Gasteiger partial charge in [-0.1, -0.05) is 0 Å². The molecule has 1 fully saturated rings. The fourth-order valence-corrected chi connectivity index (χ4v) is 2.44. The van der Waals surface area contributed by atoms with Crippen LogP contribution in [0, 0.1) is 18.6 Å². The Morgan fingerprint density at radius 1 is 1.22 bits per heavy atom. The number of ether oxygens (including phenoxy) is 1. The summed E-state index contributed by atoms with van der Waals surface area (Å²) in [7, 11) is 0. The predicted octanol–water partition coefficient (Wildman–Crippen LogP) is 2.36.